The van der Waals surface area contributed by atoms with Crippen LogP contribution >= 0.6 is 11.6 Å². The normalized spacial score (nSPS) is 11.1. The monoisotopic (exact) mass is 343 g/mol. The zero-order valence-electron chi connectivity index (χ0n) is 11.7. The number of rotatable bonds is 3. The molecule has 5 nitrogen and oxygen atoms in total. The SMILES string of the molecule is [C-]#[N+]c1ccc(S(=O)(=O)Nc2ccc3c(Cl)nccc3c2)cc1. The number of pyridine rings is 1. The molecule has 0 unspecified atom stereocenters. The third-order valence-corrected chi connectivity index (χ3v) is 4.94. The Morgan fingerprint density at radius 3 is 2.52 bits per heavy atom. The Hall–Kier alpha value is -2.62. The lowest BCUT2D eigenvalue weighted by atomic mass is 10.1. The molecule has 1 N–H and O–H groups in total. The van der Waals surface area contributed by atoms with Gasteiger partial charge in [-0.25, -0.2) is 18.2 Å². The van der Waals surface area contributed by atoms with Crippen LogP contribution in [0.1, 0.15) is 0 Å². The van der Waals surface area contributed by atoms with Crippen LogP contribution in [0.2, 0.25) is 5.15 Å². The first-order chi connectivity index (χ1) is 11.0. The van der Waals surface area contributed by atoms with Gasteiger partial charge in [-0.05, 0) is 29.7 Å². The molecule has 1 aromatic heterocycles. The van der Waals surface area contributed by atoms with Crippen molar-refractivity contribution < 1.29 is 8.42 Å². The second kappa shape index (κ2) is 5.88. The second-order valence-corrected chi connectivity index (χ2v) is 6.79. The minimum absolute atomic E-state index is 0.0951. The van der Waals surface area contributed by atoms with Gasteiger partial charge in [-0.2, -0.15) is 0 Å². The van der Waals surface area contributed by atoms with Gasteiger partial charge in [0.25, 0.3) is 10.0 Å². The fraction of sp³-hybridized carbons (Fsp3) is 0. The highest BCUT2D eigenvalue weighted by Gasteiger charge is 2.14. The number of sulfonamides is 1. The Morgan fingerprint density at radius 1 is 1.09 bits per heavy atom. The van der Waals surface area contributed by atoms with Crippen molar-refractivity contribution in [2.75, 3.05) is 4.72 Å². The van der Waals surface area contributed by atoms with Gasteiger partial charge in [0.05, 0.1) is 11.5 Å². The largest absolute Gasteiger partial charge is 0.280 e. The smallest absolute Gasteiger partial charge is 0.261 e. The molecule has 0 saturated heterocycles. The van der Waals surface area contributed by atoms with Gasteiger partial charge in [-0.3, -0.25) is 4.72 Å². The highest BCUT2D eigenvalue weighted by atomic mass is 35.5. The van der Waals surface area contributed by atoms with Crippen LogP contribution in [-0.2, 0) is 10.0 Å². The minimum Gasteiger partial charge on any atom is -0.280 e. The Balaban J connectivity index is 1.95. The van der Waals surface area contributed by atoms with Gasteiger partial charge < -0.3 is 0 Å². The van der Waals surface area contributed by atoms with Crippen LogP contribution in [0.4, 0.5) is 11.4 Å². The van der Waals surface area contributed by atoms with Crippen molar-refractivity contribution in [3.8, 4) is 0 Å². The van der Waals surface area contributed by atoms with E-state index in [-0.39, 0.29) is 4.90 Å². The topological polar surface area (TPSA) is 63.4 Å². The predicted octanol–water partition coefficient (Wildman–Crippen LogP) is 4.24. The number of hydrogen-bond donors (Lipinski definition) is 1. The van der Waals surface area contributed by atoms with E-state index < -0.39 is 10.0 Å². The first-order valence-corrected chi connectivity index (χ1v) is 8.40. The molecule has 0 amide bonds. The van der Waals surface area contributed by atoms with Crippen molar-refractivity contribution >= 4 is 43.8 Å². The third kappa shape index (κ3) is 3.11. The molecular weight excluding hydrogens is 334 g/mol. The van der Waals surface area contributed by atoms with E-state index in [0.29, 0.717) is 16.5 Å². The molecule has 114 valence electrons. The number of nitrogens with one attached hydrogen (secondary N) is 1. The summed E-state index contributed by atoms with van der Waals surface area (Å²) >= 11 is 5.99. The van der Waals surface area contributed by atoms with Gasteiger partial charge >= 0.3 is 0 Å². The minimum atomic E-state index is -3.72. The van der Waals surface area contributed by atoms with Crippen LogP contribution in [0.3, 0.4) is 0 Å². The Kier molecular flexibility index (Phi) is 3.90. The van der Waals surface area contributed by atoms with E-state index in [1.54, 1.807) is 30.5 Å². The Morgan fingerprint density at radius 2 is 1.83 bits per heavy atom. The van der Waals surface area contributed by atoms with E-state index in [0.717, 1.165) is 10.8 Å². The second-order valence-electron chi connectivity index (χ2n) is 4.75. The molecule has 7 heteroatoms. The van der Waals surface area contributed by atoms with Crippen LogP contribution in [0, 0.1) is 6.57 Å². The van der Waals surface area contributed by atoms with E-state index in [9.17, 15) is 8.42 Å². The first kappa shape index (κ1) is 15.3. The third-order valence-electron chi connectivity index (χ3n) is 3.24. The number of aromatic nitrogens is 1. The van der Waals surface area contributed by atoms with Crippen LogP contribution in [-0.4, -0.2) is 13.4 Å². The molecule has 23 heavy (non-hydrogen) atoms. The number of halogens is 1. The Bertz CT molecular complexity index is 1030. The van der Waals surface area contributed by atoms with Crippen LogP contribution in [0.15, 0.2) is 59.6 Å². The van der Waals surface area contributed by atoms with E-state index >= 15 is 0 Å². The van der Waals surface area contributed by atoms with Crippen LogP contribution in [0.5, 0.6) is 0 Å². The van der Waals surface area contributed by atoms with Gasteiger partial charge in [0.1, 0.15) is 5.15 Å². The van der Waals surface area contributed by atoms with Gasteiger partial charge in [0.15, 0.2) is 5.69 Å². The summed E-state index contributed by atoms with van der Waals surface area (Å²) < 4.78 is 27.3. The Labute approximate surface area is 138 Å². The molecule has 0 fully saturated rings. The summed E-state index contributed by atoms with van der Waals surface area (Å²) in [6.07, 6.45) is 1.56. The van der Waals surface area contributed by atoms with Crippen molar-refractivity contribution in [2.45, 2.75) is 4.90 Å². The molecule has 3 aromatic rings. The number of benzene rings is 2. The van der Waals surface area contributed by atoms with E-state index in [1.165, 1.54) is 24.3 Å². The number of anilines is 1. The van der Waals surface area contributed by atoms with Crippen molar-refractivity contribution in [3.63, 3.8) is 0 Å². The lowest BCUT2D eigenvalue weighted by Gasteiger charge is -2.09. The van der Waals surface area contributed by atoms with Crippen molar-refractivity contribution in [1.29, 1.82) is 0 Å². The average Bonchev–Trinajstić information content (AvgIpc) is 2.54. The summed E-state index contributed by atoms with van der Waals surface area (Å²) in [4.78, 5) is 7.31. The molecule has 1 heterocycles. The fourth-order valence-corrected chi connectivity index (χ4v) is 3.40. The van der Waals surface area contributed by atoms with E-state index in [4.69, 9.17) is 18.2 Å². The lowest BCUT2D eigenvalue weighted by Crippen LogP contribution is -2.12. The zero-order valence-corrected chi connectivity index (χ0v) is 13.3. The number of hydrogen-bond acceptors (Lipinski definition) is 3. The number of nitrogens with zero attached hydrogens (tertiary/aromatic N) is 2. The summed E-state index contributed by atoms with van der Waals surface area (Å²) in [6.45, 7) is 6.89. The fourth-order valence-electron chi connectivity index (χ4n) is 2.12. The summed E-state index contributed by atoms with van der Waals surface area (Å²) in [6, 6.07) is 12.5. The molecule has 0 bridgehead atoms. The highest BCUT2D eigenvalue weighted by Crippen LogP contribution is 2.26. The van der Waals surface area contributed by atoms with Crippen LogP contribution in [0.25, 0.3) is 15.6 Å². The molecule has 2 aromatic carbocycles. The maximum atomic E-state index is 12.4. The molecule has 0 saturated carbocycles. The maximum Gasteiger partial charge on any atom is 0.261 e. The maximum absolute atomic E-state index is 12.4. The first-order valence-electron chi connectivity index (χ1n) is 6.54. The van der Waals surface area contributed by atoms with E-state index in [1.807, 2.05) is 0 Å². The van der Waals surface area contributed by atoms with Gasteiger partial charge in [0.2, 0.25) is 0 Å². The molecule has 0 radical (unpaired) electrons. The molecule has 0 aliphatic carbocycles. The molecule has 0 aliphatic rings. The van der Waals surface area contributed by atoms with Gasteiger partial charge in [-0.1, -0.05) is 35.9 Å². The average molecular weight is 344 g/mol. The van der Waals surface area contributed by atoms with Crippen molar-refractivity contribution in [1.82, 2.24) is 4.98 Å². The zero-order chi connectivity index (χ0) is 16.4. The molecule has 0 aliphatic heterocycles. The highest BCUT2D eigenvalue weighted by molar-refractivity contribution is 7.92. The summed E-state index contributed by atoms with van der Waals surface area (Å²) in [7, 11) is -3.72. The summed E-state index contributed by atoms with van der Waals surface area (Å²) in [5.41, 5.74) is 0.811. The predicted molar refractivity (Wildman–Crippen MR) is 90.3 cm³/mol. The van der Waals surface area contributed by atoms with E-state index in [2.05, 4.69) is 14.6 Å². The molecular formula is C16H10ClN3O2S. The van der Waals surface area contributed by atoms with Gasteiger partial charge in [-0.15, -0.1) is 0 Å². The van der Waals surface area contributed by atoms with Gasteiger partial charge in [0, 0.05) is 17.3 Å². The molecule has 3 rings (SSSR count). The van der Waals surface area contributed by atoms with Crippen LogP contribution < -0.4 is 4.72 Å². The lowest BCUT2D eigenvalue weighted by molar-refractivity contribution is 0.601. The van der Waals surface area contributed by atoms with Crippen molar-refractivity contribution in [3.05, 3.63) is 71.3 Å². The number of fused-ring (bicyclic) bond motifs is 1. The quantitative estimate of drug-likeness (QED) is 0.571. The molecule has 0 spiro atoms. The summed E-state index contributed by atoms with van der Waals surface area (Å²) in [5.74, 6) is 0. The standard InChI is InChI=1S/C16H10ClN3O2S/c1-18-12-2-5-14(6-3-12)23(21,22)20-13-4-7-15-11(10-13)8-9-19-16(15)17/h2-10,20H. The van der Waals surface area contributed by atoms with Crippen molar-refractivity contribution in [2.24, 2.45) is 0 Å². The summed E-state index contributed by atoms with van der Waals surface area (Å²) in [5, 5.41) is 1.90. The molecule has 0 atom stereocenters.